The van der Waals surface area contributed by atoms with Crippen molar-refractivity contribution in [2.45, 2.75) is 19.3 Å². The highest BCUT2D eigenvalue weighted by atomic mass is 15.0. The fraction of sp³-hybridized carbons (Fsp3) is 0.500. The van der Waals surface area contributed by atoms with E-state index in [0.717, 1.165) is 5.92 Å². The fourth-order valence-corrected chi connectivity index (χ4v) is 1.41. The predicted octanol–water partition coefficient (Wildman–Crippen LogP) is 2.20. The fourth-order valence-electron chi connectivity index (χ4n) is 1.41. The Labute approximate surface area is 68.7 Å². The van der Waals surface area contributed by atoms with Crippen molar-refractivity contribution in [1.29, 1.82) is 0 Å². The molecule has 0 spiro atoms. The molecule has 0 atom stereocenters. The minimum absolute atomic E-state index is 0.746. The van der Waals surface area contributed by atoms with Crippen LogP contribution in [0.1, 0.15) is 19.3 Å². The molecule has 0 radical (unpaired) electrons. The van der Waals surface area contributed by atoms with Crippen molar-refractivity contribution in [1.82, 2.24) is 0 Å². The molecule has 1 fully saturated rings. The number of hydrogen-bond acceptors (Lipinski definition) is 0. The summed E-state index contributed by atoms with van der Waals surface area (Å²) in [6.45, 7) is 7.53. The Balaban J connectivity index is 2.75. The first-order valence-electron chi connectivity index (χ1n) is 4.14. The number of hydrogen-bond donors (Lipinski definition) is 0. The van der Waals surface area contributed by atoms with Gasteiger partial charge in [-0.3, -0.25) is 0 Å². The third kappa shape index (κ3) is 1.59. The second kappa shape index (κ2) is 3.51. The van der Waals surface area contributed by atoms with Gasteiger partial charge < -0.3 is 0 Å². The zero-order chi connectivity index (χ0) is 8.27. The summed E-state index contributed by atoms with van der Waals surface area (Å²) in [5.41, 5.74) is 1.33. The molecule has 1 saturated carbocycles. The molecule has 1 nitrogen and oxygen atoms in total. The predicted molar refractivity (Wildman–Crippen MR) is 48.9 cm³/mol. The van der Waals surface area contributed by atoms with E-state index in [1.807, 2.05) is 19.3 Å². The molecule has 0 N–H and O–H groups in total. The maximum absolute atomic E-state index is 3.81. The van der Waals surface area contributed by atoms with Crippen molar-refractivity contribution in [3.8, 4) is 0 Å². The molecule has 0 aromatic carbocycles. The first-order valence-corrected chi connectivity index (χ1v) is 4.14. The van der Waals surface area contributed by atoms with Gasteiger partial charge in [0, 0.05) is 5.92 Å². The van der Waals surface area contributed by atoms with Gasteiger partial charge in [0.05, 0.1) is 0 Å². The average Bonchev–Trinajstić information content (AvgIpc) is 1.94. The molecule has 0 aromatic heterocycles. The van der Waals surface area contributed by atoms with Crippen LogP contribution < -0.4 is 0 Å². The van der Waals surface area contributed by atoms with Crippen molar-refractivity contribution >= 4 is 5.71 Å². The Hall–Kier alpha value is -0.850. The van der Waals surface area contributed by atoms with Crippen molar-refractivity contribution in [3.05, 3.63) is 25.4 Å². The number of rotatable bonds is 3. The van der Waals surface area contributed by atoms with Crippen LogP contribution in [0.15, 0.2) is 25.4 Å². The van der Waals surface area contributed by atoms with Crippen LogP contribution in [0.3, 0.4) is 0 Å². The normalized spacial score (nSPS) is 20.1. The highest BCUT2D eigenvalue weighted by Crippen LogP contribution is 2.27. The summed E-state index contributed by atoms with van der Waals surface area (Å²) in [5.74, 6) is 0.746. The molecular weight excluding hydrogens is 134 g/mol. The Kier molecular flexibility index (Phi) is 2.64. The van der Waals surface area contributed by atoms with Gasteiger partial charge >= 0.3 is 0 Å². The number of allylic oxidation sites excluding steroid dienone is 1. The van der Waals surface area contributed by atoms with Crippen molar-refractivity contribution in [2.75, 3.05) is 7.05 Å². The van der Waals surface area contributed by atoms with Gasteiger partial charge in [0.25, 0.3) is 0 Å². The van der Waals surface area contributed by atoms with Crippen LogP contribution in [-0.2, 0) is 0 Å². The summed E-state index contributed by atoms with van der Waals surface area (Å²) in [6.07, 6.45) is 7.80. The van der Waals surface area contributed by atoms with Gasteiger partial charge in [0.2, 0.25) is 0 Å². The van der Waals surface area contributed by atoms with E-state index in [9.17, 15) is 0 Å². The van der Waals surface area contributed by atoms with Crippen molar-refractivity contribution in [2.24, 2.45) is 5.92 Å². The third-order valence-electron chi connectivity index (χ3n) is 2.41. The van der Waals surface area contributed by atoms with Gasteiger partial charge in [0.15, 0.2) is 11.9 Å². The van der Waals surface area contributed by atoms with Gasteiger partial charge in [-0.05, 0) is 25.5 Å². The Morgan fingerprint density at radius 1 is 1.45 bits per heavy atom. The van der Waals surface area contributed by atoms with Gasteiger partial charge in [-0.1, -0.05) is 13.0 Å². The van der Waals surface area contributed by atoms with Crippen LogP contribution in [0, 0.1) is 5.92 Å². The van der Waals surface area contributed by atoms with Crippen LogP contribution in [0.4, 0.5) is 0 Å². The maximum atomic E-state index is 3.81. The quantitative estimate of drug-likeness (QED) is 0.428. The molecule has 0 heterocycles. The SMILES string of the molecule is C=CC(C1CCC1)=[N+](C)C=C. The molecule has 1 aliphatic rings. The van der Waals surface area contributed by atoms with Gasteiger partial charge in [-0.2, -0.15) is 0 Å². The lowest BCUT2D eigenvalue weighted by atomic mass is 9.81. The van der Waals surface area contributed by atoms with E-state index in [2.05, 4.69) is 17.7 Å². The first-order chi connectivity index (χ1) is 5.29. The lowest BCUT2D eigenvalue weighted by molar-refractivity contribution is -0.424. The highest BCUT2D eigenvalue weighted by molar-refractivity contribution is 5.92. The van der Waals surface area contributed by atoms with E-state index >= 15 is 0 Å². The van der Waals surface area contributed by atoms with Crippen molar-refractivity contribution < 1.29 is 4.58 Å². The van der Waals surface area contributed by atoms with Crippen LogP contribution in [0.5, 0.6) is 0 Å². The van der Waals surface area contributed by atoms with E-state index in [1.165, 1.54) is 25.0 Å². The molecule has 0 bridgehead atoms. The zero-order valence-electron chi connectivity index (χ0n) is 7.21. The number of nitrogens with zero attached hydrogens (tertiary/aromatic N) is 1. The second-order valence-electron chi connectivity index (χ2n) is 3.05. The molecule has 1 heteroatoms. The summed E-state index contributed by atoms with van der Waals surface area (Å²) >= 11 is 0. The molecule has 1 rings (SSSR count). The summed E-state index contributed by atoms with van der Waals surface area (Å²) in [6, 6.07) is 0. The molecule has 0 saturated heterocycles. The van der Waals surface area contributed by atoms with Gasteiger partial charge in [0.1, 0.15) is 7.05 Å². The highest BCUT2D eigenvalue weighted by Gasteiger charge is 2.26. The smallest absolute Gasteiger partial charge is 0.183 e. The Morgan fingerprint density at radius 3 is 2.36 bits per heavy atom. The zero-order valence-corrected chi connectivity index (χ0v) is 7.21. The lowest BCUT2D eigenvalue weighted by Crippen LogP contribution is -2.26. The van der Waals surface area contributed by atoms with Crippen LogP contribution >= 0.6 is 0 Å². The van der Waals surface area contributed by atoms with Gasteiger partial charge in [-0.25, -0.2) is 4.58 Å². The average molecular weight is 150 g/mol. The van der Waals surface area contributed by atoms with E-state index in [4.69, 9.17) is 0 Å². The van der Waals surface area contributed by atoms with Crippen molar-refractivity contribution in [3.63, 3.8) is 0 Å². The largest absolute Gasteiger partial charge is 0.205 e. The van der Waals surface area contributed by atoms with E-state index in [0.29, 0.717) is 0 Å². The van der Waals surface area contributed by atoms with E-state index in [1.54, 1.807) is 0 Å². The van der Waals surface area contributed by atoms with Gasteiger partial charge in [-0.15, -0.1) is 0 Å². The maximum Gasteiger partial charge on any atom is 0.183 e. The van der Waals surface area contributed by atoms with Crippen LogP contribution in [-0.4, -0.2) is 17.3 Å². The molecule has 0 aromatic rings. The summed E-state index contributed by atoms with van der Waals surface area (Å²) in [5, 5.41) is 0. The van der Waals surface area contributed by atoms with E-state index < -0.39 is 0 Å². The van der Waals surface area contributed by atoms with Crippen LogP contribution in [0.25, 0.3) is 0 Å². The third-order valence-corrected chi connectivity index (χ3v) is 2.41. The molecule has 11 heavy (non-hydrogen) atoms. The second-order valence-corrected chi connectivity index (χ2v) is 3.05. The summed E-state index contributed by atoms with van der Waals surface area (Å²) in [4.78, 5) is 0. The molecule has 1 aliphatic carbocycles. The lowest BCUT2D eigenvalue weighted by Gasteiger charge is -2.22. The minimum atomic E-state index is 0.746. The standard InChI is InChI=1S/C10H16N/c1-4-10(11(3)5-2)9-7-6-8-9/h4-5,9H,1-2,6-8H2,3H3/q+1. The topological polar surface area (TPSA) is 3.01 Å². The molecule has 0 aliphatic heterocycles. The summed E-state index contributed by atoms with van der Waals surface area (Å²) < 4.78 is 2.07. The molecule has 60 valence electrons. The molecule has 0 amide bonds. The Morgan fingerprint density at radius 2 is 2.09 bits per heavy atom. The van der Waals surface area contributed by atoms with Crippen LogP contribution in [0.2, 0.25) is 0 Å². The first kappa shape index (κ1) is 8.25. The minimum Gasteiger partial charge on any atom is -0.205 e. The summed E-state index contributed by atoms with van der Waals surface area (Å²) in [7, 11) is 2.03. The molecule has 0 unspecified atom stereocenters. The molecular formula is C10H16N+. The van der Waals surface area contributed by atoms with E-state index in [-0.39, 0.29) is 0 Å². The monoisotopic (exact) mass is 150 g/mol. The Bertz CT molecular complexity index is 197.